The van der Waals surface area contributed by atoms with E-state index in [1.807, 2.05) is 0 Å². The summed E-state index contributed by atoms with van der Waals surface area (Å²) in [4.78, 5) is 28.7. The maximum absolute atomic E-state index is 11.5. The summed E-state index contributed by atoms with van der Waals surface area (Å²) in [7, 11) is 0. The molecule has 4 nitrogen and oxygen atoms in total. The molecule has 0 radical (unpaired) electrons. The molecule has 0 unspecified atom stereocenters. The van der Waals surface area contributed by atoms with Gasteiger partial charge in [0.25, 0.3) is 0 Å². The van der Waals surface area contributed by atoms with E-state index in [4.69, 9.17) is 23.2 Å². The molecule has 0 saturated heterocycles. The molecule has 0 atom stereocenters. The molecule has 1 heterocycles. The maximum Gasteiger partial charge on any atom is 0.382 e. The second kappa shape index (κ2) is 5.05. The number of Topliss-reactive ketones (excluding diaryl/α,β-unsaturated/α-hetero) is 1. The Morgan fingerprint density at radius 3 is 2.56 bits per heavy atom. The van der Waals surface area contributed by atoms with E-state index >= 15 is 0 Å². The van der Waals surface area contributed by atoms with Crippen LogP contribution in [0.3, 0.4) is 0 Å². The largest absolute Gasteiger partial charge is 0.382 e. The van der Waals surface area contributed by atoms with Gasteiger partial charge in [-0.15, -0.1) is 0 Å². The molecule has 1 aromatic rings. The standard InChI is InChI=1S/C9H4Cl2FNO3/c1-4(9(15)16-12)8(14)5-3-13-7(11)2-6(5)10/h2-3H,1H2. The summed E-state index contributed by atoms with van der Waals surface area (Å²) in [5.41, 5.74) is -0.796. The number of carbonyl (C=O) groups excluding carboxylic acids is 2. The van der Waals surface area contributed by atoms with Gasteiger partial charge in [-0.25, -0.2) is 14.7 Å². The molecule has 84 valence electrons. The Morgan fingerprint density at radius 2 is 2.06 bits per heavy atom. The predicted octanol–water partition coefficient (Wildman–Crippen LogP) is 2.56. The number of hydrogen-bond donors (Lipinski definition) is 0. The number of carbonyl (C=O) groups is 2. The zero-order valence-corrected chi connectivity index (χ0v) is 9.18. The van der Waals surface area contributed by atoms with Gasteiger partial charge in [-0.1, -0.05) is 29.8 Å². The SMILES string of the molecule is C=C(C(=O)OF)C(=O)c1cnc(Cl)cc1Cl. The third kappa shape index (κ3) is 2.56. The average molecular weight is 264 g/mol. The first kappa shape index (κ1) is 12.6. The highest BCUT2D eigenvalue weighted by molar-refractivity contribution is 6.38. The second-order valence-electron chi connectivity index (χ2n) is 2.66. The lowest BCUT2D eigenvalue weighted by Gasteiger charge is -2.02. The predicted molar refractivity (Wildman–Crippen MR) is 54.9 cm³/mol. The van der Waals surface area contributed by atoms with Gasteiger partial charge in [-0.3, -0.25) is 4.79 Å². The van der Waals surface area contributed by atoms with Gasteiger partial charge < -0.3 is 0 Å². The van der Waals surface area contributed by atoms with Crippen molar-refractivity contribution in [1.82, 2.24) is 4.98 Å². The summed E-state index contributed by atoms with van der Waals surface area (Å²) in [5, 5.41) is 0.0676. The summed E-state index contributed by atoms with van der Waals surface area (Å²) < 4.78 is 11.5. The molecular weight excluding hydrogens is 260 g/mol. The van der Waals surface area contributed by atoms with Crippen LogP contribution in [0.5, 0.6) is 0 Å². The monoisotopic (exact) mass is 263 g/mol. The van der Waals surface area contributed by atoms with Crippen molar-refractivity contribution in [3.63, 3.8) is 0 Å². The fraction of sp³-hybridized carbons (Fsp3) is 0. The number of aromatic nitrogens is 1. The Kier molecular flexibility index (Phi) is 3.98. The third-order valence-corrected chi connectivity index (χ3v) is 2.17. The van der Waals surface area contributed by atoms with Gasteiger partial charge in [0, 0.05) is 10.7 Å². The summed E-state index contributed by atoms with van der Waals surface area (Å²) in [5.74, 6) is -2.35. The van der Waals surface area contributed by atoms with E-state index in [9.17, 15) is 14.1 Å². The van der Waals surface area contributed by atoms with E-state index in [-0.39, 0.29) is 15.7 Å². The fourth-order valence-electron chi connectivity index (χ4n) is 0.876. The van der Waals surface area contributed by atoms with Crippen molar-refractivity contribution in [3.8, 4) is 0 Å². The van der Waals surface area contributed by atoms with Crippen LogP contribution >= 0.6 is 23.2 Å². The van der Waals surface area contributed by atoms with Crippen molar-refractivity contribution in [2.75, 3.05) is 0 Å². The molecule has 0 bridgehead atoms. The van der Waals surface area contributed by atoms with Crippen molar-refractivity contribution >= 4 is 35.0 Å². The van der Waals surface area contributed by atoms with E-state index < -0.39 is 17.3 Å². The van der Waals surface area contributed by atoms with Crippen molar-refractivity contribution in [3.05, 3.63) is 40.2 Å². The lowest BCUT2D eigenvalue weighted by Crippen LogP contribution is -2.13. The minimum atomic E-state index is -1.48. The molecule has 0 amide bonds. The highest BCUT2D eigenvalue weighted by Gasteiger charge is 2.22. The van der Waals surface area contributed by atoms with E-state index in [1.165, 1.54) is 6.07 Å². The molecule has 16 heavy (non-hydrogen) atoms. The lowest BCUT2D eigenvalue weighted by atomic mass is 10.1. The molecule has 0 aliphatic carbocycles. The Labute approximate surface area is 99.5 Å². The maximum atomic E-state index is 11.5. The molecule has 0 aromatic carbocycles. The Bertz CT molecular complexity index is 476. The number of hydrogen-bond acceptors (Lipinski definition) is 4. The molecule has 0 fully saturated rings. The Hall–Kier alpha value is -1.46. The van der Waals surface area contributed by atoms with Gasteiger partial charge in [-0.2, -0.15) is 0 Å². The van der Waals surface area contributed by atoms with Crippen LogP contribution in [0.2, 0.25) is 10.2 Å². The number of halogens is 3. The smallest absolute Gasteiger partial charge is 0.288 e. The van der Waals surface area contributed by atoms with Gasteiger partial charge in [-0.05, 0) is 6.07 Å². The van der Waals surface area contributed by atoms with Crippen LogP contribution in [0.25, 0.3) is 0 Å². The summed E-state index contributed by atoms with van der Waals surface area (Å²) in [6.07, 6.45) is 1.06. The number of ketones is 1. The van der Waals surface area contributed by atoms with Crippen LogP contribution in [0.1, 0.15) is 10.4 Å². The third-order valence-electron chi connectivity index (χ3n) is 1.66. The summed E-state index contributed by atoms with van der Waals surface area (Å²) in [6.45, 7) is 3.08. The number of nitrogens with zero attached hydrogens (tertiary/aromatic N) is 1. The fourth-order valence-corrected chi connectivity index (χ4v) is 1.33. The second-order valence-corrected chi connectivity index (χ2v) is 3.45. The van der Waals surface area contributed by atoms with Crippen LogP contribution in [-0.2, 0) is 9.74 Å². The van der Waals surface area contributed by atoms with Crippen LogP contribution in [0.4, 0.5) is 4.53 Å². The van der Waals surface area contributed by atoms with Crippen LogP contribution in [0, 0.1) is 0 Å². The molecular formula is C9H4Cl2FNO3. The van der Waals surface area contributed by atoms with Gasteiger partial charge in [0.2, 0.25) is 5.78 Å². The van der Waals surface area contributed by atoms with Crippen molar-refractivity contribution in [2.45, 2.75) is 0 Å². The zero-order valence-electron chi connectivity index (χ0n) is 7.67. The normalized spacial score (nSPS) is 9.69. The van der Waals surface area contributed by atoms with Gasteiger partial charge >= 0.3 is 5.97 Å². The highest BCUT2D eigenvalue weighted by Crippen LogP contribution is 2.21. The van der Waals surface area contributed by atoms with E-state index in [0.29, 0.717) is 0 Å². The van der Waals surface area contributed by atoms with E-state index in [0.717, 1.165) is 6.20 Å². The Morgan fingerprint density at radius 1 is 1.44 bits per heavy atom. The quantitative estimate of drug-likeness (QED) is 0.277. The van der Waals surface area contributed by atoms with Gasteiger partial charge in [0.1, 0.15) is 10.7 Å². The number of rotatable bonds is 3. The van der Waals surface area contributed by atoms with E-state index in [1.54, 1.807) is 0 Å². The minimum absolute atomic E-state index is 0.0159. The number of pyridine rings is 1. The van der Waals surface area contributed by atoms with Crippen molar-refractivity contribution in [2.24, 2.45) is 0 Å². The van der Waals surface area contributed by atoms with Crippen LogP contribution in [-0.4, -0.2) is 16.7 Å². The Balaban J connectivity index is 3.06. The van der Waals surface area contributed by atoms with Crippen molar-refractivity contribution < 1.29 is 19.1 Å². The topological polar surface area (TPSA) is 56.3 Å². The van der Waals surface area contributed by atoms with Gasteiger partial charge in [0.05, 0.1) is 10.6 Å². The molecule has 0 N–H and O–H groups in total. The van der Waals surface area contributed by atoms with Gasteiger partial charge in [0.15, 0.2) is 0 Å². The summed E-state index contributed by atoms with van der Waals surface area (Å²) in [6, 6.07) is 1.21. The first-order chi connectivity index (χ1) is 7.47. The van der Waals surface area contributed by atoms with Crippen molar-refractivity contribution in [1.29, 1.82) is 0 Å². The van der Waals surface area contributed by atoms with Crippen LogP contribution in [0.15, 0.2) is 24.4 Å². The highest BCUT2D eigenvalue weighted by atomic mass is 35.5. The first-order valence-corrected chi connectivity index (χ1v) is 4.60. The first-order valence-electron chi connectivity index (χ1n) is 3.85. The zero-order chi connectivity index (χ0) is 12.3. The molecule has 0 spiro atoms. The molecule has 1 aromatic heterocycles. The minimum Gasteiger partial charge on any atom is -0.288 e. The molecule has 7 heteroatoms. The van der Waals surface area contributed by atoms with E-state index in [2.05, 4.69) is 16.5 Å². The average Bonchev–Trinajstić information content (AvgIpc) is 2.26. The lowest BCUT2D eigenvalue weighted by molar-refractivity contribution is -0.177. The molecule has 0 aliphatic rings. The molecule has 0 aliphatic heterocycles. The molecule has 0 saturated carbocycles. The van der Waals surface area contributed by atoms with Crippen LogP contribution < -0.4 is 0 Å². The molecule has 1 rings (SSSR count). The summed E-state index contributed by atoms with van der Waals surface area (Å²) >= 11 is 11.2.